The van der Waals surface area contributed by atoms with Gasteiger partial charge in [-0.05, 0) is 55.8 Å². The molecule has 0 radical (unpaired) electrons. The molecule has 0 aliphatic heterocycles. The molecule has 2 rings (SSSR count). The van der Waals surface area contributed by atoms with E-state index in [0.29, 0.717) is 6.04 Å². The zero-order chi connectivity index (χ0) is 10.7. The van der Waals surface area contributed by atoms with Crippen molar-refractivity contribution in [2.45, 2.75) is 45.6 Å². The Labute approximate surface area is 92.9 Å². The molecule has 1 heteroatoms. The van der Waals surface area contributed by atoms with Crippen LogP contribution in [-0.2, 0) is 12.8 Å². The highest BCUT2D eigenvalue weighted by Crippen LogP contribution is 2.25. The van der Waals surface area contributed by atoms with E-state index in [-0.39, 0.29) is 0 Å². The van der Waals surface area contributed by atoms with Crippen molar-refractivity contribution in [2.75, 3.05) is 6.54 Å². The van der Waals surface area contributed by atoms with Crippen molar-refractivity contribution in [1.29, 1.82) is 0 Å². The molecule has 1 aliphatic rings. The van der Waals surface area contributed by atoms with Gasteiger partial charge in [0.25, 0.3) is 0 Å². The number of aryl methyl sites for hydroxylation is 2. The minimum atomic E-state index is 0.496. The minimum absolute atomic E-state index is 0.496. The molecule has 0 bridgehead atoms. The van der Waals surface area contributed by atoms with E-state index in [1.54, 1.807) is 11.1 Å². The zero-order valence-corrected chi connectivity index (χ0v) is 9.84. The van der Waals surface area contributed by atoms with Gasteiger partial charge in [-0.1, -0.05) is 25.1 Å². The van der Waals surface area contributed by atoms with E-state index in [0.717, 1.165) is 6.54 Å². The van der Waals surface area contributed by atoms with E-state index >= 15 is 0 Å². The first-order chi connectivity index (χ1) is 7.31. The second-order valence-electron chi connectivity index (χ2n) is 4.56. The molecule has 0 aromatic heterocycles. The summed E-state index contributed by atoms with van der Waals surface area (Å²) in [6.07, 6.45) is 5.11. The van der Waals surface area contributed by atoms with Gasteiger partial charge < -0.3 is 5.32 Å². The Morgan fingerprint density at radius 3 is 2.87 bits per heavy atom. The van der Waals surface area contributed by atoms with Crippen LogP contribution < -0.4 is 5.32 Å². The molecule has 1 N–H and O–H groups in total. The molecular weight excluding hydrogens is 182 g/mol. The fraction of sp³-hybridized carbons (Fsp3) is 0.571. The van der Waals surface area contributed by atoms with E-state index in [4.69, 9.17) is 0 Å². The van der Waals surface area contributed by atoms with Gasteiger partial charge in [0.1, 0.15) is 0 Å². The van der Waals surface area contributed by atoms with Crippen molar-refractivity contribution < 1.29 is 0 Å². The minimum Gasteiger partial charge on any atom is -0.310 e. The Morgan fingerprint density at radius 1 is 1.27 bits per heavy atom. The lowest BCUT2D eigenvalue weighted by Crippen LogP contribution is -2.19. The van der Waals surface area contributed by atoms with Crippen LogP contribution in [0.3, 0.4) is 0 Å². The Kier molecular flexibility index (Phi) is 3.42. The van der Waals surface area contributed by atoms with Gasteiger partial charge in [0.15, 0.2) is 0 Å². The standard InChI is InChI=1S/C14H21N/c1-3-9-15-11(2)13-8-7-12-5-4-6-14(12)10-13/h7-8,10-11,15H,3-6,9H2,1-2H3. The number of fused-ring (bicyclic) bond motifs is 1. The normalized spacial score (nSPS) is 16.4. The number of nitrogens with one attached hydrogen (secondary N) is 1. The van der Waals surface area contributed by atoms with Crippen molar-refractivity contribution in [3.63, 3.8) is 0 Å². The summed E-state index contributed by atoms with van der Waals surface area (Å²) >= 11 is 0. The maximum Gasteiger partial charge on any atom is 0.0291 e. The van der Waals surface area contributed by atoms with Gasteiger partial charge >= 0.3 is 0 Å². The third kappa shape index (κ3) is 2.40. The fourth-order valence-electron chi connectivity index (χ4n) is 2.34. The number of hydrogen-bond acceptors (Lipinski definition) is 1. The molecule has 1 aromatic rings. The second kappa shape index (κ2) is 4.80. The zero-order valence-electron chi connectivity index (χ0n) is 9.84. The SMILES string of the molecule is CCCNC(C)c1ccc2c(c1)CCC2. The van der Waals surface area contributed by atoms with E-state index in [1.165, 1.54) is 31.2 Å². The summed E-state index contributed by atoms with van der Waals surface area (Å²) in [6, 6.07) is 7.51. The van der Waals surface area contributed by atoms with E-state index in [2.05, 4.69) is 37.4 Å². The van der Waals surface area contributed by atoms with Crippen LogP contribution in [0, 0.1) is 0 Å². The first-order valence-electron chi connectivity index (χ1n) is 6.16. The third-order valence-corrected chi connectivity index (χ3v) is 3.32. The van der Waals surface area contributed by atoms with Crippen LogP contribution in [0.25, 0.3) is 0 Å². The van der Waals surface area contributed by atoms with Gasteiger partial charge in [0.05, 0.1) is 0 Å². The van der Waals surface area contributed by atoms with Crippen LogP contribution >= 0.6 is 0 Å². The van der Waals surface area contributed by atoms with Crippen LogP contribution in [0.4, 0.5) is 0 Å². The highest BCUT2D eigenvalue weighted by molar-refractivity contribution is 5.36. The Morgan fingerprint density at radius 2 is 2.07 bits per heavy atom. The summed E-state index contributed by atoms with van der Waals surface area (Å²) in [5.74, 6) is 0. The van der Waals surface area contributed by atoms with Gasteiger partial charge in [0.2, 0.25) is 0 Å². The average molecular weight is 203 g/mol. The van der Waals surface area contributed by atoms with Crippen molar-refractivity contribution in [2.24, 2.45) is 0 Å². The van der Waals surface area contributed by atoms with Crippen LogP contribution in [0.15, 0.2) is 18.2 Å². The smallest absolute Gasteiger partial charge is 0.0291 e. The number of hydrogen-bond donors (Lipinski definition) is 1. The molecule has 0 heterocycles. The maximum atomic E-state index is 3.54. The first-order valence-corrected chi connectivity index (χ1v) is 6.16. The predicted molar refractivity (Wildman–Crippen MR) is 65.2 cm³/mol. The average Bonchev–Trinajstić information content (AvgIpc) is 2.72. The van der Waals surface area contributed by atoms with E-state index in [9.17, 15) is 0 Å². The molecule has 1 aromatic carbocycles. The molecule has 1 unspecified atom stereocenters. The highest BCUT2D eigenvalue weighted by Gasteiger charge is 2.12. The lowest BCUT2D eigenvalue weighted by atomic mass is 10.0. The van der Waals surface area contributed by atoms with Crippen molar-refractivity contribution >= 4 is 0 Å². The quantitative estimate of drug-likeness (QED) is 0.792. The second-order valence-corrected chi connectivity index (χ2v) is 4.56. The fourth-order valence-corrected chi connectivity index (χ4v) is 2.34. The van der Waals surface area contributed by atoms with E-state index in [1.807, 2.05) is 0 Å². The molecule has 15 heavy (non-hydrogen) atoms. The molecular formula is C14H21N. The topological polar surface area (TPSA) is 12.0 Å². The molecule has 0 fully saturated rings. The monoisotopic (exact) mass is 203 g/mol. The van der Waals surface area contributed by atoms with Crippen molar-refractivity contribution in [3.8, 4) is 0 Å². The lowest BCUT2D eigenvalue weighted by molar-refractivity contribution is 0.570. The number of benzene rings is 1. The van der Waals surface area contributed by atoms with Gasteiger partial charge in [-0.3, -0.25) is 0 Å². The Bertz CT molecular complexity index is 330. The molecule has 1 nitrogen and oxygen atoms in total. The van der Waals surface area contributed by atoms with Crippen LogP contribution in [0.1, 0.15) is 49.4 Å². The summed E-state index contributed by atoms with van der Waals surface area (Å²) in [6.45, 7) is 5.58. The Balaban J connectivity index is 2.08. The molecule has 1 aliphatic carbocycles. The van der Waals surface area contributed by atoms with Crippen molar-refractivity contribution in [3.05, 3.63) is 34.9 Å². The largest absolute Gasteiger partial charge is 0.310 e. The van der Waals surface area contributed by atoms with Crippen LogP contribution in [0.2, 0.25) is 0 Å². The van der Waals surface area contributed by atoms with Gasteiger partial charge in [-0.25, -0.2) is 0 Å². The van der Waals surface area contributed by atoms with E-state index < -0.39 is 0 Å². The first kappa shape index (κ1) is 10.7. The number of rotatable bonds is 4. The Hall–Kier alpha value is -0.820. The summed E-state index contributed by atoms with van der Waals surface area (Å²) in [5, 5.41) is 3.54. The molecule has 0 amide bonds. The molecule has 1 atom stereocenters. The molecule has 0 saturated carbocycles. The highest BCUT2D eigenvalue weighted by atomic mass is 14.9. The van der Waals surface area contributed by atoms with Gasteiger partial charge in [-0.2, -0.15) is 0 Å². The summed E-state index contributed by atoms with van der Waals surface area (Å²) in [7, 11) is 0. The van der Waals surface area contributed by atoms with Crippen LogP contribution in [-0.4, -0.2) is 6.54 Å². The van der Waals surface area contributed by atoms with Crippen molar-refractivity contribution in [1.82, 2.24) is 5.32 Å². The molecule has 0 spiro atoms. The maximum absolute atomic E-state index is 3.54. The summed E-state index contributed by atoms with van der Waals surface area (Å²) in [4.78, 5) is 0. The lowest BCUT2D eigenvalue weighted by Gasteiger charge is -2.14. The summed E-state index contributed by atoms with van der Waals surface area (Å²) < 4.78 is 0. The predicted octanol–water partition coefficient (Wildman–Crippen LogP) is 3.24. The van der Waals surface area contributed by atoms with Gasteiger partial charge in [0, 0.05) is 6.04 Å². The summed E-state index contributed by atoms with van der Waals surface area (Å²) in [5.41, 5.74) is 4.60. The van der Waals surface area contributed by atoms with Crippen LogP contribution in [0.5, 0.6) is 0 Å². The third-order valence-electron chi connectivity index (χ3n) is 3.32. The molecule has 0 saturated heterocycles. The molecule has 82 valence electrons. The van der Waals surface area contributed by atoms with Gasteiger partial charge in [-0.15, -0.1) is 0 Å².